The van der Waals surface area contributed by atoms with E-state index in [0.29, 0.717) is 17.0 Å². The molecular formula is C19H14F4N6S. The average Bonchev–Trinajstić information content (AvgIpc) is 3.07. The molecule has 2 aromatic carbocycles. The van der Waals surface area contributed by atoms with E-state index in [0.717, 1.165) is 23.0 Å². The average molecular weight is 434 g/mol. The van der Waals surface area contributed by atoms with Gasteiger partial charge in [-0.2, -0.15) is 13.2 Å². The van der Waals surface area contributed by atoms with E-state index in [9.17, 15) is 17.6 Å². The quantitative estimate of drug-likeness (QED) is 0.229. The molecule has 4 aromatic rings. The van der Waals surface area contributed by atoms with Crippen LogP contribution in [-0.2, 0) is 11.9 Å². The van der Waals surface area contributed by atoms with Crippen LogP contribution < -0.4 is 11.1 Å². The second-order valence-electron chi connectivity index (χ2n) is 6.29. The molecule has 2 heterocycles. The number of aromatic nitrogens is 4. The molecule has 0 saturated heterocycles. The first-order valence-corrected chi connectivity index (χ1v) is 9.60. The topological polar surface area (TPSA) is 92.5 Å². The van der Waals surface area contributed by atoms with Crippen molar-refractivity contribution in [2.45, 2.75) is 17.0 Å². The highest BCUT2D eigenvalue weighted by molar-refractivity contribution is 7.98. The van der Waals surface area contributed by atoms with Crippen molar-refractivity contribution in [3.63, 3.8) is 0 Å². The van der Waals surface area contributed by atoms with E-state index in [1.807, 2.05) is 12.1 Å². The molecule has 4 rings (SSSR count). The number of aromatic amines is 1. The second-order valence-corrected chi connectivity index (χ2v) is 7.29. The van der Waals surface area contributed by atoms with Crippen LogP contribution >= 0.6 is 11.8 Å². The predicted octanol–water partition coefficient (Wildman–Crippen LogP) is 5.13. The van der Waals surface area contributed by atoms with Crippen LogP contribution in [0.5, 0.6) is 0 Å². The van der Waals surface area contributed by atoms with Crippen LogP contribution in [0.2, 0.25) is 0 Å². The Hall–Kier alpha value is -3.34. The number of hydrogen-bond donors (Lipinski definition) is 3. The highest BCUT2D eigenvalue weighted by Gasteiger charge is 2.35. The van der Waals surface area contributed by atoms with Gasteiger partial charge in [0.1, 0.15) is 22.5 Å². The Labute approximate surface area is 172 Å². The van der Waals surface area contributed by atoms with E-state index in [-0.39, 0.29) is 22.4 Å². The van der Waals surface area contributed by atoms with Crippen molar-refractivity contribution < 1.29 is 17.6 Å². The normalized spacial score (nSPS) is 11.7. The lowest BCUT2D eigenvalue weighted by Crippen LogP contribution is -2.12. The summed E-state index contributed by atoms with van der Waals surface area (Å²) in [7, 11) is 0. The monoisotopic (exact) mass is 434 g/mol. The van der Waals surface area contributed by atoms with Gasteiger partial charge in [0.05, 0.1) is 16.8 Å². The molecule has 0 aliphatic carbocycles. The van der Waals surface area contributed by atoms with Crippen molar-refractivity contribution >= 4 is 40.0 Å². The van der Waals surface area contributed by atoms with Gasteiger partial charge in [-0.3, -0.25) is 0 Å². The first-order valence-electron chi connectivity index (χ1n) is 8.62. The lowest BCUT2D eigenvalue weighted by atomic mass is 10.2. The highest BCUT2D eigenvalue weighted by atomic mass is 32.2. The third-order valence-electron chi connectivity index (χ3n) is 3.98. The number of thioether (sulfide) groups is 1. The van der Waals surface area contributed by atoms with E-state index in [2.05, 4.69) is 25.3 Å². The lowest BCUT2D eigenvalue weighted by molar-refractivity contribution is -0.145. The van der Waals surface area contributed by atoms with Crippen LogP contribution in [0.3, 0.4) is 0 Å². The lowest BCUT2D eigenvalue weighted by Gasteiger charge is -2.07. The maximum atomic E-state index is 13.3. The third kappa shape index (κ3) is 4.62. The van der Waals surface area contributed by atoms with Crippen molar-refractivity contribution in [1.82, 2.24) is 19.9 Å². The molecule has 0 amide bonds. The van der Waals surface area contributed by atoms with Gasteiger partial charge in [0, 0.05) is 17.4 Å². The fraction of sp³-hybridized carbons (Fsp3) is 0.105. The highest BCUT2D eigenvalue weighted by Crippen LogP contribution is 2.30. The molecule has 0 unspecified atom stereocenters. The summed E-state index contributed by atoms with van der Waals surface area (Å²) in [5.74, 6) is -1.06. The van der Waals surface area contributed by atoms with E-state index >= 15 is 0 Å². The van der Waals surface area contributed by atoms with Crippen LogP contribution in [0, 0.1) is 5.82 Å². The molecule has 0 spiro atoms. The molecule has 30 heavy (non-hydrogen) atoms. The first kappa shape index (κ1) is 20.0. The molecule has 0 aliphatic heterocycles. The minimum absolute atomic E-state index is 0.101. The number of nitrogens with two attached hydrogens (primary N) is 1. The zero-order chi connectivity index (χ0) is 21.3. The Balaban J connectivity index is 1.50. The summed E-state index contributed by atoms with van der Waals surface area (Å²) >= 11 is 1.06. The fourth-order valence-corrected chi connectivity index (χ4v) is 3.50. The van der Waals surface area contributed by atoms with Gasteiger partial charge in [0.25, 0.3) is 0 Å². The Kier molecular flexibility index (Phi) is 5.20. The number of alkyl halides is 3. The largest absolute Gasteiger partial charge is 0.451 e. The van der Waals surface area contributed by atoms with E-state index in [1.165, 1.54) is 18.2 Å². The van der Waals surface area contributed by atoms with Crippen LogP contribution in [-0.4, -0.2) is 19.9 Å². The first-order chi connectivity index (χ1) is 14.3. The second kappa shape index (κ2) is 7.82. The number of imidazole rings is 1. The fourth-order valence-electron chi connectivity index (χ4n) is 2.72. The number of nitrogen functional groups attached to an aromatic ring is 1. The third-order valence-corrected chi connectivity index (χ3v) is 4.90. The molecule has 11 heteroatoms. The molecule has 6 nitrogen and oxygen atoms in total. The minimum atomic E-state index is -4.67. The van der Waals surface area contributed by atoms with Crippen molar-refractivity contribution in [3.05, 3.63) is 66.0 Å². The molecule has 0 bridgehead atoms. The Bertz CT molecular complexity index is 1210. The number of rotatable bonds is 5. The van der Waals surface area contributed by atoms with Gasteiger partial charge in [0.15, 0.2) is 0 Å². The van der Waals surface area contributed by atoms with Crippen molar-refractivity contribution in [2.75, 3.05) is 11.1 Å². The maximum Gasteiger partial charge on any atom is 0.451 e. The Morgan fingerprint density at radius 3 is 2.57 bits per heavy atom. The standard InChI is InChI=1S/C19H14F4N6S/c20-10-2-1-3-11(6-10)25-12-4-5-13-14(7-12)27-16(26-13)9-30-17-8-15(24)28-18(29-17)19(21,22)23/h1-8,25H,9H2,(H,26,27)(H2,24,28,29). The summed E-state index contributed by atoms with van der Waals surface area (Å²) < 4.78 is 51.8. The summed E-state index contributed by atoms with van der Waals surface area (Å²) in [6.45, 7) is 0. The molecule has 2 aromatic heterocycles. The zero-order valence-electron chi connectivity index (χ0n) is 15.2. The summed E-state index contributed by atoms with van der Waals surface area (Å²) in [4.78, 5) is 14.3. The number of anilines is 3. The number of nitrogens with zero attached hydrogens (tertiary/aromatic N) is 3. The molecule has 0 fully saturated rings. The predicted molar refractivity (Wildman–Crippen MR) is 107 cm³/mol. The number of H-pyrrole nitrogens is 1. The summed E-state index contributed by atoms with van der Waals surface area (Å²) in [6.07, 6.45) is -4.67. The number of halogens is 4. The van der Waals surface area contributed by atoms with Gasteiger partial charge in [-0.15, -0.1) is 0 Å². The van der Waals surface area contributed by atoms with Crippen molar-refractivity contribution in [3.8, 4) is 0 Å². The van der Waals surface area contributed by atoms with Gasteiger partial charge in [-0.05, 0) is 36.4 Å². The maximum absolute atomic E-state index is 13.3. The smallest absolute Gasteiger partial charge is 0.384 e. The summed E-state index contributed by atoms with van der Waals surface area (Å²) in [5, 5.41) is 3.19. The number of nitrogens with one attached hydrogen (secondary N) is 2. The van der Waals surface area contributed by atoms with Crippen molar-refractivity contribution in [1.29, 1.82) is 0 Å². The SMILES string of the molecule is Nc1cc(SCc2nc3cc(Nc4cccc(F)c4)ccc3[nH]2)nc(C(F)(F)F)n1. The summed E-state index contributed by atoms with van der Waals surface area (Å²) in [6, 6.07) is 12.8. The minimum Gasteiger partial charge on any atom is -0.384 e. The van der Waals surface area contributed by atoms with Gasteiger partial charge < -0.3 is 16.0 Å². The van der Waals surface area contributed by atoms with Crippen LogP contribution in [0.25, 0.3) is 11.0 Å². The van der Waals surface area contributed by atoms with Crippen LogP contribution in [0.1, 0.15) is 11.6 Å². The van der Waals surface area contributed by atoms with Gasteiger partial charge in [-0.25, -0.2) is 19.3 Å². The van der Waals surface area contributed by atoms with Gasteiger partial charge in [-0.1, -0.05) is 17.8 Å². The van der Waals surface area contributed by atoms with E-state index < -0.39 is 12.0 Å². The Morgan fingerprint density at radius 2 is 1.80 bits per heavy atom. The number of hydrogen-bond acceptors (Lipinski definition) is 6. The molecule has 4 N–H and O–H groups in total. The number of fused-ring (bicyclic) bond motifs is 1. The summed E-state index contributed by atoms with van der Waals surface area (Å²) in [5.41, 5.74) is 8.19. The zero-order valence-corrected chi connectivity index (χ0v) is 16.0. The number of benzene rings is 2. The van der Waals surface area contributed by atoms with Gasteiger partial charge >= 0.3 is 6.18 Å². The molecule has 0 atom stereocenters. The van der Waals surface area contributed by atoms with Gasteiger partial charge in [0.2, 0.25) is 5.82 Å². The van der Waals surface area contributed by atoms with E-state index in [1.54, 1.807) is 18.2 Å². The van der Waals surface area contributed by atoms with Crippen molar-refractivity contribution in [2.24, 2.45) is 0 Å². The molecule has 0 saturated carbocycles. The molecule has 154 valence electrons. The molecule has 0 radical (unpaired) electrons. The molecule has 0 aliphatic rings. The van der Waals surface area contributed by atoms with Crippen LogP contribution in [0.4, 0.5) is 34.8 Å². The molecular weight excluding hydrogens is 420 g/mol. The van der Waals surface area contributed by atoms with Crippen LogP contribution in [0.15, 0.2) is 53.6 Å². The van der Waals surface area contributed by atoms with E-state index in [4.69, 9.17) is 5.73 Å². The Morgan fingerprint density at radius 1 is 1.00 bits per heavy atom.